The van der Waals surface area contributed by atoms with E-state index in [1.54, 1.807) is 0 Å². The first-order chi connectivity index (χ1) is 7.11. The Balaban J connectivity index is 1.95. The van der Waals surface area contributed by atoms with E-state index in [4.69, 9.17) is 0 Å². The van der Waals surface area contributed by atoms with Gasteiger partial charge in [0.2, 0.25) is 0 Å². The summed E-state index contributed by atoms with van der Waals surface area (Å²) in [6.07, 6.45) is 9.72. The molecular formula is C15H18. The molecule has 0 unspecified atom stereocenters. The van der Waals surface area contributed by atoms with Crippen molar-refractivity contribution in [2.45, 2.75) is 34.1 Å². The molecule has 0 heterocycles. The van der Waals surface area contributed by atoms with Gasteiger partial charge in [0.15, 0.2) is 0 Å². The summed E-state index contributed by atoms with van der Waals surface area (Å²) >= 11 is 0. The number of hydrogen-bond acceptors (Lipinski definition) is 0. The molecule has 0 aromatic rings. The predicted octanol–water partition coefficient (Wildman–Crippen LogP) is 3.75. The molecule has 15 heavy (non-hydrogen) atoms. The maximum atomic E-state index is 2.24. The van der Waals surface area contributed by atoms with Crippen LogP contribution in [-0.2, 0) is 0 Å². The summed E-state index contributed by atoms with van der Waals surface area (Å²) < 4.78 is 0. The zero-order valence-corrected chi connectivity index (χ0v) is 10.0. The second kappa shape index (κ2) is 4.47. The molecule has 0 N–H and O–H groups in total. The first-order valence-electron chi connectivity index (χ1n) is 5.53. The van der Waals surface area contributed by atoms with Gasteiger partial charge >= 0.3 is 0 Å². The molecule has 2 saturated carbocycles. The van der Waals surface area contributed by atoms with Gasteiger partial charge in [0.05, 0.1) is 0 Å². The average molecular weight is 198 g/mol. The third kappa shape index (κ3) is 2.10. The van der Waals surface area contributed by atoms with Gasteiger partial charge in [-0.1, -0.05) is 27.7 Å². The Labute approximate surface area is 95.8 Å². The standard InChI is InChI=1S/C15H18/c1-10-11(2)13(4)15(12(10)3)9-14-7-5-6-8-14/h5-8H,9H2,1-4H3. The van der Waals surface area contributed by atoms with Crippen molar-refractivity contribution in [3.8, 4) is 0 Å². The van der Waals surface area contributed by atoms with E-state index in [0.29, 0.717) is 0 Å². The summed E-state index contributed by atoms with van der Waals surface area (Å²) in [7, 11) is 0. The highest BCUT2D eigenvalue weighted by molar-refractivity contribution is 5.60. The predicted molar refractivity (Wildman–Crippen MR) is 64.0 cm³/mol. The van der Waals surface area contributed by atoms with Crippen LogP contribution in [0.5, 0.6) is 0 Å². The van der Waals surface area contributed by atoms with Crippen LogP contribution in [0.2, 0.25) is 0 Å². The van der Waals surface area contributed by atoms with Crippen LogP contribution in [0.1, 0.15) is 34.1 Å². The molecule has 0 bridgehead atoms. The van der Waals surface area contributed by atoms with Crippen LogP contribution < -0.4 is 0 Å². The number of rotatable bonds is 2. The Kier molecular flexibility index (Phi) is 3.42. The molecule has 0 nitrogen and oxygen atoms in total. The molecule has 2 rings (SSSR count). The Morgan fingerprint density at radius 2 is 1.20 bits per heavy atom. The summed E-state index contributed by atoms with van der Waals surface area (Å²) in [5, 5.41) is 0. The zero-order chi connectivity index (χ0) is 11.0. The van der Waals surface area contributed by atoms with E-state index in [9.17, 15) is 0 Å². The van der Waals surface area contributed by atoms with Gasteiger partial charge in [0, 0.05) is 0 Å². The van der Waals surface area contributed by atoms with Crippen LogP contribution in [0, 0.1) is 61.2 Å². The molecule has 2 aliphatic rings. The molecule has 0 saturated heterocycles. The van der Waals surface area contributed by atoms with E-state index < -0.39 is 0 Å². The lowest BCUT2D eigenvalue weighted by molar-refractivity contribution is 0.840. The summed E-state index contributed by atoms with van der Waals surface area (Å²) in [6.45, 7) is 8.94. The smallest absolute Gasteiger partial charge is 0.00936 e. The molecule has 0 aromatic heterocycles. The Hall–Kier alpha value is 0. The Bertz CT molecular complexity index is 188. The van der Waals surface area contributed by atoms with E-state index in [2.05, 4.69) is 53.4 Å². The highest BCUT2D eigenvalue weighted by Gasteiger charge is 2.44. The lowest BCUT2D eigenvalue weighted by atomic mass is 9.81. The van der Waals surface area contributed by atoms with Crippen molar-refractivity contribution in [3.05, 3.63) is 61.2 Å². The maximum Gasteiger partial charge on any atom is -0.00936 e. The lowest BCUT2D eigenvalue weighted by Crippen LogP contribution is -2.10. The van der Waals surface area contributed by atoms with Crippen molar-refractivity contribution in [1.29, 1.82) is 0 Å². The molecule has 0 heteroatoms. The molecule has 0 aromatic carbocycles. The van der Waals surface area contributed by atoms with Crippen LogP contribution in [-0.4, -0.2) is 0 Å². The fraction of sp³-hybridized carbons (Fsp3) is 0.333. The molecular weight excluding hydrogens is 180 g/mol. The van der Waals surface area contributed by atoms with E-state index in [1.807, 2.05) is 0 Å². The summed E-state index contributed by atoms with van der Waals surface area (Å²) in [4.78, 5) is 0. The quantitative estimate of drug-likeness (QED) is 0.634. The first kappa shape index (κ1) is 11.5. The van der Waals surface area contributed by atoms with Crippen molar-refractivity contribution in [2.75, 3.05) is 0 Å². The van der Waals surface area contributed by atoms with Gasteiger partial charge in [-0.25, -0.2) is 0 Å². The van der Waals surface area contributed by atoms with E-state index in [0.717, 1.165) is 6.42 Å². The van der Waals surface area contributed by atoms with Gasteiger partial charge in [-0.05, 0) is 67.6 Å². The summed E-state index contributed by atoms with van der Waals surface area (Å²) in [6, 6.07) is 0. The molecule has 2 aliphatic carbocycles. The Morgan fingerprint density at radius 1 is 0.733 bits per heavy atom. The molecule has 0 aliphatic heterocycles. The van der Waals surface area contributed by atoms with Gasteiger partial charge in [0.1, 0.15) is 0 Å². The van der Waals surface area contributed by atoms with Gasteiger partial charge in [-0.3, -0.25) is 0 Å². The van der Waals surface area contributed by atoms with Gasteiger partial charge in [0.25, 0.3) is 0 Å². The average Bonchev–Trinajstić information content (AvgIpc) is 2.79. The minimum absolute atomic E-state index is 1.08. The topological polar surface area (TPSA) is 0 Å². The zero-order valence-electron chi connectivity index (χ0n) is 10.0. The Morgan fingerprint density at radius 3 is 1.67 bits per heavy atom. The fourth-order valence-corrected chi connectivity index (χ4v) is 2.30. The SMILES string of the molecule is C[C]1[C](C)[C](C)[C](C[C]2[CH][CH][CH][CH]2)[C]1C. The van der Waals surface area contributed by atoms with Crippen molar-refractivity contribution in [2.24, 2.45) is 0 Å². The molecule has 0 amide bonds. The van der Waals surface area contributed by atoms with Crippen molar-refractivity contribution in [3.63, 3.8) is 0 Å². The lowest BCUT2D eigenvalue weighted by Gasteiger charge is -2.22. The van der Waals surface area contributed by atoms with Crippen LogP contribution in [0.4, 0.5) is 0 Å². The van der Waals surface area contributed by atoms with Gasteiger partial charge in [-0.2, -0.15) is 0 Å². The van der Waals surface area contributed by atoms with E-state index in [-0.39, 0.29) is 0 Å². The second-order valence-corrected chi connectivity index (χ2v) is 4.45. The molecule has 78 valence electrons. The van der Waals surface area contributed by atoms with Crippen LogP contribution >= 0.6 is 0 Å². The third-order valence-corrected chi connectivity index (χ3v) is 3.71. The largest absolute Gasteiger partial charge is 0.0579 e. The molecule has 2 fully saturated rings. The van der Waals surface area contributed by atoms with E-state index >= 15 is 0 Å². The van der Waals surface area contributed by atoms with Crippen LogP contribution in [0.15, 0.2) is 0 Å². The van der Waals surface area contributed by atoms with Gasteiger partial charge in [-0.15, -0.1) is 0 Å². The highest BCUT2D eigenvalue weighted by atomic mass is 14.5. The van der Waals surface area contributed by atoms with E-state index in [1.165, 1.54) is 35.5 Å². The van der Waals surface area contributed by atoms with Crippen molar-refractivity contribution in [1.82, 2.24) is 0 Å². The fourth-order valence-electron chi connectivity index (χ4n) is 2.30. The van der Waals surface area contributed by atoms with Crippen molar-refractivity contribution >= 4 is 0 Å². The molecule has 0 atom stereocenters. The number of hydrogen-bond donors (Lipinski definition) is 0. The third-order valence-electron chi connectivity index (χ3n) is 3.71. The highest BCUT2D eigenvalue weighted by Crippen LogP contribution is 2.55. The maximum absolute atomic E-state index is 2.24. The monoisotopic (exact) mass is 198 g/mol. The molecule has 0 spiro atoms. The van der Waals surface area contributed by atoms with Crippen LogP contribution in [0.3, 0.4) is 0 Å². The minimum atomic E-state index is 1.08. The van der Waals surface area contributed by atoms with Crippen LogP contribution in [0.25, 0.3) is 0 Å². The second-order valence-electron chi connectivity index (χ2n) is 4.45. The summed E-state index contributed by atoms with van der Waals surface area (Å²) in [5.74, 6) is 8.84. The normalized spacial score (nSPS) is 29.6. The minimum Gasteiger partial charge on any atom is -0.0579 e. The molecule has 10 radical (unpaired) electrons. The summed E-state index contributed by atoms with van der Waals surface area (Å²) in [5.41, 5.74) is 0. The first-order valence-corrected chi connectivity index (χ1v) is 5.53. The van der Waals surface area contributed by atoms with Gasteiger partial charge < -0.3 is 0 Å². The van der Waals surface area contributed by atoms with Crippen molar-refractivity contribution < 1.29 is 0 Å².